The Morgan fingerprint density at radius 3 is 0.963 bits per heavy atom. The van der Waals surface area contributed by atoms with Crippen molar-refractivity contribution < 1.29 is 0 Å². The highest BCUT2D eigenvalue weighted by Gasteiger charge is 2.27. The second kappa shape index (κ2) is 24.3. The van der Waals surface area contributed by atoms with Crippen LogP contribution in [0.1, 0.15) is 22.7 Å². The third-order valence-electron chi connectivity index (χ3n) is 22.9. The van der Waals surface area contributed by atoms with Gasteiger partial charge in [-0.05, 0) is 231 Å². The van der Waals surface area contributed by atoms with E-state index < -0.39 is 0 Å². The van der Waals surface area contributed by atoms with Crippen molar-refractivity contribution in [3.8, 4) is 84.1 Å². The molecule has 0 spiro atoms. The standard InChI is InChI=1S/C102H67N5/c1-5-20-66(21-6-1)67-36-47-81(48-37-67)105-94-34-17-14-31-84(94)88-59-71(42-53-97(88)105)72-43-54-98-89(60-72)85-32-15-18-35-95(85)106(98)82-49-38-68(39-50-82)69-22-19-23-70(58-69)77-40-51-86-90-62-74(44-55-99(90)107(102(86)65-77)80-28-11-4-12-29-80)76-46-57-101-92(64-76)91-63-75(45-56-100(91)104(101)79-26-9-3-10-27-79)73-41-52-96-87(61-73)83-30-13-16-33-93(83)103(96)78-24-7-2-8-25-78/h1-61,63-65,74H,62H2. The fourth-order valence-corrected chi connectivity index (χ4v) is 17.8. The van der Waals surface area contributed by atoms with Gasteiger partial charge in [-0.2, -0.15) is 0 Å². The number of fused-ring (bicyclic) bond motifs is 15. The Labute approximate surface area is 618 Å². The van der Waals surface area contributed by atoms with Crippen molar-refractivity contribution in [3.05, 3.63) is 399 Å². The van der Waals surface area contributed by atoms with Crippen LogP contribution in [0.3, 0.4) is 0 Å². The summed E-state index contributed by atoms with van der Waals surface area (Å²) in [5.41, 5.74) is 32.4. The average molecular weight is 1360 g/mol. The molecule has 5 heterocycles. The quantitative estimate of drug-likeness (QED) is 0.123. The van der Waals surface area contributed by atoms with Gasteiger partial charge >= 0.3 is 0 Å². The Kier molecular flexibility index (Phi) is 13.8. The second-order valence-electron chi connectivity index (χ2n) is 28.7. The van der Waals surface area contributed by atoms with Crippen LogP contribution >= 0.6 is 0 Å². The smallest absolute Gasteiger partial charge is 0.0543 e. The molecule has 5 nitrogen and oxygen atoms in total. The molecular weight excluding hydrogens is 1300 g/mol. The summed E-state index contributed by atoms with van der Waals surface area (Å²) >= 11 is 0. The monoisotopic (exact) mass is 1360 g/mol. The van der Waals surface area contributed by atoms with Gasteiger partial charge in [0.1, 0.15) is 0 Å². The number of allylic oxidation sites excluding steroid dienone is 1. The minimum atomic E-state index is 0.166. The average Bonchev–Trinajstić information content (AvgIpc) is 1.60. The molecule has 0 bridgehead atoms. The number of nitrogens with zero attached hydrogens (tertiary/aromatic N) is 5. The highest BCUT2D eigenvalue weighted by atomic mass is 15.0. The maximum absolute atomic E-state index is 2.49. The van der Waals surface area contributed by atoms with Crippen LogP contribution in [0.4, 0.5) is 0 Å². The van der Waals surface area contributed by atoms with Gasteiger partial charge in [0, 0.05) is 88.5 Å². The lowest BCUT2D eigenvalue weighted by atomic mass is 9.86. The van der Waals surface area contributed by atoms with Crippen LogP contribution in [0.25, 0.3) is 188 Å². The van der Waals surface area contributed by atoms with E-state index in [1.165, 1.54) is 171 Å². The van der Waals surface area contributed by atoms with Crippen molar-refractivity contribution in [2.45, 2.75) is 12.3 Å². The molecule has 0 fully saturated rings. The first kappa shape index (κ1) is 60.6. The molecule has 1 unspecified atom stereocenters. The van der Waals surface area contributed by atoms with E-state index in [1.807, 2.05) is 0 Å². The summed E-state index contributed by atoms with van der Waals surface area (Å²) in [6, 6.07) is 139. The largest absolute Gasteiger partial charge is 0.310 e. The van der Waals surface area contributed by atoms with Crippen molar-refractivity contribution in [2.75, 3.05) is 0 Å². The summed E-state index contributed by atoms with van der Waals surface area (Å²) in [5.74, 6) is 0.166. The fraction of sp³-hybridized carbons (Fsp3) is 0.0196. The van der Waals surface area contributed by atoms with Gasteiger partial charge in [-0.1, -0.05) is 231 Å². The molecule has 107 heavy (non-hydrogen) atoms. The minimum Gasteiger partial charge on any atom is -0.310 e. The molecule has 22 rings (SSSR count). The van der Waals surface area contributed by atoms with Gasteiger partial charge in [0.2, 0.25) is 0 Å². The molecule has 21 aromatic rings. The Morgan fingerprint density at radius 1 is 0.187 bits per heavy atom. The first-order chi connectivity index (χ1) is 53.0. The molecule has 5 heteroatoms. The van der Waals surface area contributed by atoms with Gasteiger partial charge in [-0.15, -0.1) is 0 Å². The SMILES string of the molecule is C1=CC(c2ccc3c(c2)c2cc(-c4ccc5c(c4)c4ccccc4n5-c4ccccc4)ccc2n3-c2ccccc2)Cc2c1n(-c1ccccc1)c1cc(-c3cccc(-c4ccc(-n5c6ccccc6c6cc(-c7ccc8c(c7)c7ccccc7n8-c7ccc(-c8ccccc8)cc7)ccc65)cc4)c3)ccc21. The molecule has 0 saturated heterocycles. The Bertz CT molecular complexity index is 7170. The molecule has 0 amide bonds. The topological polar surface area (TPSA) is 24.6 Å². The summed E-state index contributed by atoms with van der Waals surface area (Å²) in [7, 11) is 0. The number of para-hydroxylation sites is 6. The zero-order chi connectivity index (χ0) is 70.2. The van der Waals surface area contributed by atoms with Gasteiger partial charge in [-0.3, -0.25) is 0 Å². The van der Waals surface area contributed by atoms with Gasteiger partial charge in [-0.25, -0.2) is 0 Å². The van der Waals surface area contributed by atoms with Crippen molar-refractivity contribution in [2.24, 2.45) is 0 Å². The van der Waals surface area contributed by atoms with Crippen LogP contribution < -0.4 is 0 Å². The Balaban J connectivity index is 0.576. The number of benzene rings is 16. The normalized spacial score (nSPS) is 13.1. The maximum atomic E-state index is 2.49. The molecule has 1 aliphatic carbocycles. The maximum Gasteiger partial charge on any atom is 0.0543 e. The van der Waals surface area contributed by atoms with E-state index in [0.717, 1.165) is 34.9 Å². The van der Waals surface area contributed by atoms with E-state index in [0.29, 0.717) is 0 Å². The van der Waals surface area contributed by atoms with E-state index in [2.05, 4.69) is 411 Å². The van der Waals surface area contributed by atoms with Crippen LogP contribution in [0.2, 0.25) is 0 Å². The lowest BCUT2D eigenvalue weighted by molar-refractivity contribution is 0.826. The summed E-state index contributed by atoms with van der Waals surface area (Å²) in [6.07, 6.45) is 5.73. The predicted octanol–water partition coefficient (Wildman–Crippen LogP) is 26.7. The number of rotatable bonds is 11. The summed E-state index contributed by atoms with van der Waals surface area (Å²) in [4.78, 5) is 0. The molecule has 1 atom stereocenters. The zero-order valence-corrected chi connectivity index (χ0v) is 58.5. The molecule has 1 aliphatic rings. The molecular formula is C102H67N5. The summed E-state index contributed by atoms with van der Waals surface area (Å²) in [5, 5.41) is 11.2. The van der Waals surface area contributed by atoms with E-state index in [-0.39, 0.29) is 5.92 Å². The van der Waals surface area contributed by atoms with Gasteiger partial charge in [0.05, 0.1) is 49.7 Å². The predicted molar refractivity (Wildman–Crippen MR) is 450 cm³/mol. The third-order valence-corrected chi connectivity index (χ3v) is 22.9. The van der Waals surface area contributed by atoms with E-state index in [9.17, 15) is 0 Å². The van der Waals surface area contributed by atoms with Crippen molar-refractivity contribution in [3.63, 3.8) is 0 Å². The lowest BCUT2D eigenvalue weighted by Crippen LogP contribution is -2.07. The van der Waals surface area contributed by atoms with Crippen molar-refractivity contribution in [1.29, 1.82) is 0 Å². The number of aromatic nitrogens is 5. The van der Waals surface area contributed by atoms with Crippen LogP contribution in [0.15, 0.2) is 382 Å². The van der Waals surface area contributed by atoms with Crippen molar-refractivity contribution >= 4 is 104 Å². The highest BCUT2D eigenvalue weighted by Crippen LogP contribution is 2.46. The van der Waals surface area contributed by atoms with E-state index in [1.54, 1.807) is 0 Å². The molecule has 0 saturated carbocycles. The van der Waals surface area contributed by atoms with E-state index >= 15 is 0 Å². The minimum absolute atomic E-state index is 0.166. The molecule has 0 aliphatic heterocycles. The third kappa shape index (κ3) is 9.78. The molecule has 500 valence electrons. The second-order valence-corrected chi connectivity index (χ2v) is 28.7. The molecule has 0 radical (unpaired) electrons. The first-order valence-electron chi connectivity index (χ1n) is 37.1. The fourth-order valence-electron chi connectivity index (χ4n) is 17.8. The Morgan fingerprint density at radius 2 is 0.495 bits per heavy atom. The first-order valence-corrected chi connectivity index (χ1v) is 37.1. The van der Waals surface area contributed by atoms with Gasteiger partial charge in [0.25, 0.3) is 0 Å². The zero-order valence-electron chi connectivity index (χ0n) is 58.5. The van der Waals surface area contributed by atoms with E-state index in [4.69, 9.17) is 0 Å². The van der Waals surface area contributed by atoms with Crippen molar-refractivity contribution in [1.82, 2.24) is 22.8 Å². The Hall–Kier alpha value is -14.0. The van der Waals surface area contributed by atoms with Gasteiger partial charge in [0.15, 0.2) is 0 Å². The highest BCUT2D eigenvalue weighted by molar-refractivity contribution is 6.15. The van der Waals surface area contributed by atoms with Gasteiger partial charge < -0.3 is 22.8 Å². The van der Waals surface area contributed by atoms with Crippen LogP contribution in [-0.2, 0) is 6.42 Å². The lowest BCUT2D eigenvalue weighted by Gasteiger charge is -2.20. The molecule has 5 aromatic heterocycles. The van der Waals surface area contributed by atoms with Crippen LogP contribution in [0.5, 0.6) is 0 Å². The molecule has 16 aromatic carbocycles. The van der Waals surface area contributed by atoms with Crippen LogP contribution in [-0.4, -0.2) is 22.8 Å². The number of hydrogen-bond donors (Lipinski definition) is 0. The summed E-state index contributed by atoms with van der Waals surface area (Å²) < 4.78 is 12.2. The van der Waals surface area contributed by atoms with Crippen LogP contribution in [0, 0.1) is 0 Å². The molecule has 0 N–H and O–H groups in total. The number of hydrogen-bond acceptors (Lipinski definition) is 0. The summed E-state index contributed by atoms with van der Waals surface area (Å²) in [6.45, 7) is 0.